The van der Waals surface area contributed by atoms with Crippen molar-refractivity contribution in [2.45, 2.75) is 58.5 Å². The number of benzene rings is 1. The van der Waals surface area contributed by atoms with E-state index in [-0.39, 0.29) is 18.0 Å². The molecule has 7 nitrogen and oxygen atoms in total. The molecule has 0 bridgehead atoms. The Hall–Kier alpha value is -2.57. The van der Waals surface area contributed by atoms with Crippen molar-refractivity contribution in [2.24, 2.45) is 0 Å². The van der Waals surface area contributed by atoms with Crippen LogP contribution in [0.4, 0.5) is 15.3 Å². The largest absolute Gasteiger partial charge is 0.444 e. The average molecular weight is 387 g/mol. The molecule has 0 atom stereocenters. The highest BCUT2D eigenvalue weighted by atomic mass is 16.6. The lowest BCUT2D eigenvalue weighted by Crippen LogP contribution is -2.49. The van der Waals surface area contributed by atoms with Gasteiger partial charge in [-0.1, -0.05) is 12.1 Å². The molecule has 2 saturated heterocycles. The van der Waals surface area contributed by atoms with Gasteiger partial charge in [-0.25, -0.2) is 9.59 Å². The molecule has 28 heavy (non-hydrogen) atoms. The lowest BCUT2D eigenvalue weighted by molar-refractivity contribution is -0.120. The summed E-state index contributed by atoms with van der Waals surface area (Å²) in [5.41, 5.74) is 2.58. The number of carbonyl (C=O) groups is 3. The Balaban J connectivity index is 1.63. The molecule has 2 fully saturated rings. The first-order valence-corrected chi connectivity index (χ1v) is 9.84. The number of piperidine rings is 1. The Morgan fingerprint density at radius 1 is 1.14 bits per heavy atom. The SMILES string of the molecule is Cc1cc(C2CCN(C(=O)OC(C)(C)C)CC2)ccc1N1CCC(=O)NC1=O. The number of amides is 4. The van der Waals surface area contributed by atoms with E-state index in [0.717, 1.165) is 24.1 Å². The van der Waals surface area contributed by atoms with Gasteiger partial charge in [-0.05, 0) is 63.6 Å². The summed E-state index contributed by atoms with van der Waals surface area (Å²) in [5.74, 6) is 0.149. The second-order valence-electron chi connectivity index (χ2n) is 8.54. The van der Waals surface area contributed by atoms with Crippen molar-refractivity contribution in [3.8, 4) is 0 Å². The van der Waals surface area contributed by atoms with Crippen molar-refractivity contribution in [3.05, 3.63) is 29.3 Å². The Kier molecular flexibility index (Phi) is 5.63. The third kappa shape index (κ3) is 4.64. The zero-order valence-corrected chi connectivity index (χ0v) is 17.1. The highest BCUT2D eigenvalue weighted by molar-refractivity contribution is 6.05. The van der Waals surface area contributed by atoms with Crippen LogP contribution in [0.15, 0.2) is 18.2 Å². The summed E-state index contributed by atoms with van der Waals surface area (Å²) >= 11 is 0. The zero-order valence-electron chi connectivity index (χ0n) is 17.1. The average Bonchev–Trinajstić information content (AvgIpc) is 2.61. The fourth-order valence-corrected chi connectivity index (χ4v) is 3.75. The van der Waals surface area contributed by atoms with E-state index in [1.54, 1.807) is 9.80 Å². The quantitative estimate of drug-likeness (QED) is 0.842. The minimum atomic E-state index is -0.480. The number of imide groups is 1. The molecule has 2 heterocycles. The molecule has 1 aromatic rings. The van der Waals surface area contributed by atoms with E-state index >= 15 is 0 Å². The molecule has 152 valence electrons. The van der Waals surface area contributed by atoms with Gasteiger partial charge in [-0.2, -0.15) is 0 Å². The number of ether oxygens (including phenoxy) is 1. The molecular formula is C21H29N3O4. The Morgan fingerprint density at radius 3 is 2.39 bits per heavy atom. The number of carbonyl (C=O) groups excluding carboxylic acids is 3. The second-order valence-corrected chi connectivity index (χ2v) is 8.54. The standard InChI is InChI=1S/C21H29N3O4/c1-14-13-16(5-6-17(14)24-12-9-18(25)22-19(24)26)15-7-10-23(11-8-15)20(27)28-21(2,3)4/h5-6,13,15H,7-12H2,1-4H3,(H,22,25,26). The molecule has 7 heteroatoms. The van der Waals surface area contributed by atoms with Gasteiger partial charge in [0, 0.05) is 31.7 Å². The molecule has 2 aliphatic rings. The van der Waals surface area contributed by atoms with Crippen LogP contribution in [0.1, 0.15) is 57.1 Å². The van der Waals surface area contributed by atoms with Crippen molar-refractivity contribution in [1.82, 2.24) is 10.2 Å². The maximum Gasteiger partial charge on any atom is 0.410 e. The van der Waals surface area contributed by atoms with E-state index in [2.05, 4.69) is 17.4 Å². The van der Waals surface area contributed by atoms with Crippen molar-refractivity contribution in [3.63, 3.8) is 0 Å². The van der Waals surface area contributed by atoms with E-state index < -0.39 is 5.60 Å². The third-order valence-corrected chi connectivity index (χ3v) is 5.18. The Bertz CT molecular complexity index is 776. The number of likely N-dealkylation sites (tertiary alicyclic amines) is 1. The zero-order chi connectivity index (χ0) is 20.5. The van der Waals surface area contributed by atoms with Crippen LogP contribution in [0, 0.1) is 6.92 Å². The second kappa shape index (κ2) is 7.81. The number of aryl methyl sites for hydroxylation is 1. The fourth-order valence-electron chi connectivity index (χ4n) is 3.75. The van der Waals surface area contributed by atoms with E-state index in [0.29, 0.717) is 32.0 Å². The summed E-state index contributed by atoms with van der Waals surface area (Å²) in [5, 5.41) is 2.36. The number of hydrogen-bond acceptors (Lipinski definition) is 4. The summed E-state index contributed by atoms with van der Waals surface area (Å²) in [6.07, 6.45) is 1.84. The molecule has 0 radical (unpaired) electrons. The Labute approximate surface area is 166 Å². The van der Waals surface area contributed by atoms with Gasteiger partial charge in [0.1, 0.15) is 5.60 Å². The van der Waals surface area contributed by atoms with Gasteiger partial charge in [0.05, 0.1) is 0 Å². The van der Waals surface area contributed by atoms with Crippen LogP contribution < -0.4 is 10.2 Å². The molecule has 0 unspecified atom stereocenters. The number of rotatable bonds is 2. The lowest BCUT2D eigenvalue weighted by atomic mass is 9.88. The highest BCUT2D eigenvalue weighted by Crippen LogP contribution is 2.32. The van der Waals surface area contributed by atoms with Gasteiger partial charge in [0.2, 0.25) is 5.91 Å². The monoisotopic (exact) mass is 387 g/mol. The van der Waals surface area contributed by atoms with Gasteiger partial charge in [-0.3, -0.25) is 15.0 Å². The van der Waals surface area contributed by atoms with E-state index in [1.165, 1.54) is 5.56 Å². The molecule has 0 aliphatic carbocycles. The molecule has 0 aromatic heterocycles. The first-order valence-electron chi connectivity index (χ1n) is 9.84. The molecule has 1 N–H and O–H groups in total. The maximum atomic E-state index is 12.2. The molecule has 2 aliphatic heterocycles. The van der Waals surface area contributed by atoms with Crippen molar-refractivity contribution >= 4 is 23.7 Å². The molecule has 0 spiro atoms. The first kappa shape index (κ1) is 20.2. The fraction of sp³-hybridized carbons (Fsp3) is 0.571. The first-order chi connectivity index (χ1) is 13.1. The summed E-state index contributed by atoms with van der Waals surface area (Å²) in [4.78, 5) is 39.1. The van der Waals surface area contributed by atoms with E-state index in [4.69, 9.17) is 4.74 Å². The molecule has 3 rings (SSSR count). The normalized spacial score (nSPS) is 18.9. The molecule has 4 amide bonds. The summed E-state index contributed by atoms with van der Waals surface area (Å²) in [6, 6.07) is 5.77. The third-order valence-electron chi connectivity index (χ3n) is 5.18. The number of anilines is 1. The predicted molar refractivity (Wildman–Crippen MR) is 106 cm³/mol. The minimum absolute atomic E-state index is 0.229. The number of nitrogens with one attached hydrogen (secondary N) is 1. The van der Waals surface area contributed by atoms with E-state index in [9.17, 15) is 14.4 Å². The Morgan fingerprint density at radius 2 is 1.82 bits per heavy atom. The number of urea groups is 1. The van der Waals surface area contributed by atoms with Gasteiger partial charge in [0.25, 0.3) is 0 Å². The van der Waals surface area contributed by atoms with Crippen LogP contribution >= 0.6 is 0 Å². The topological polar surface area (TPSA) is 79.0 Å². The van der Waals surface area contributed by atoms with E-state index in [1.807, 2.05) is 33.8 Å². The highest BCUT2D eigenvalue weighted by Gasteiger charge is 2.29. The summed E-state index contributed by atoms with van der Waals surface area (Å²) < 4.78 is 5.46. The van der Waals surface area contributed by atoms with Gasteiger partial charge in [-0.15, -0.1) is 0 Å². The number of nitrogens with zero attached hydrogens (tertiary/aromatic N) is 2. The van der Waals surface area contributed by atoms with Crippen molar-refractivity contribution in [2.75, 3.05) is 24.5 Å². The van der Waals surface area contributed by atoms with Crippen LogP contribution in [0.25, 0.3) is 0 Å². The van der Waals surface area contributed by atoms with Crippen LogP contribution in [0.5, 0.6) is 0 Å². The predicted octanol–water partition coefficient (Wildman–Crippen LogP) is 3.56. The van der Waals surface area contributed by atoms with Gasteiger partial charge >= 0.3 is 12.1 Å². The van der Waals surface area contributed by atoms with Crippen LogP contribution in [-0.4, -0.2) is 48.2 Å². The number of hydrogen-bond donors (Lipinski definition) is 1. The molecular weight excluding hydrogens is 358 g/mol. The maximum absolute atomic E-state index is 12.2. The van der Waals surface area contributed by atoms with Crippen LogP contribution in [-0.2, 0) is 9.53 Å². The minimum Gasteiger partial charge on any atom is -0.444 e. The smallest absolute Gasteiger partial charge is 0.410 e. The van der Waals surface area contributed by atoms with Crippen LogP contribution in [0.3, 0.4) is 0 Å². The summed E-state index contributed by atoms with van der Waals surface area (Å²) in [6.45, 7) is 9.37. The van der Waals surface area contributed by atoms with Crippen LogP contribution in [0.2, 0.25) is 0 Å². The van der Waals surface area contributed by atoms with Gasteiger partial charge in [0.15, 0.2) is 0 Å². The summed E-state index contributed by atoms with van der Waals surface area (Å²) in [7, 11) is 0. The van der Waals surface area contributed by atoms with Crippen molar-refractivity contribution in [1.29, 1.82) is 0 Å². The van der Waals surface area contributed by atoms with Crippen molar-refractivity contribution < 1.29 is 19.1 Å². The molecule has 1 aromatic carbocycles. The van der Waals surface area contributed by atoms with Gasteiger partial charge < -0.3 is 9.64 Å². The molecule has 0 saturated carbocycles. The lowest BCUT2D eigenvalue weighted by Gasteiger charge is -2.34.